The molecule has 1 unspecified atom stereocenters. The number of nitro groups is 1. The Labute approximate surface area is 104 Å². The van der Waals surface area contributed by atoms with Gasteiger partial charge in [-0.05, 0) is 12.5 Å². The van der Waals surface area contributed by atoms with E-state index in [1.165, 1.54) is 12.1 Å². The quantitative estimate of drug-likeness (QED) is 0.664. The van der Waals surface area contributed by atoms with Crippen molar-refractivity contribution in [2.45, 2.75) is 6.42 Å². The minimum atomic E-state index is -0.458. The lowest BCUT2D eigenvalue weighted by Gasteiger charge is -2.11. The largest absolute Gasteiger partial charge is 0.383 e. The number of hydrogen-bond acceptors (Lipinski definition) is 4. The predicted molar refractivity (Wildman–Crippen MR) is 65.5 cm³/mol. The van der Waals surface area contributed by atoms with Crippen LogP contribution in [0.4, 0.5) is 11.4 Å². The molecule has 0 aliphatic carbocycles. The molecule has 5 nitrogen and oxygen atoms in total. The van der Waals surface area contributed by atoms with E-state index in [-0.39, 0.29) is 5.69 Å². The maximum atomic E-state index is 10.5. The van der Waals surface area contributed by atoms with Crippen LogP contribution in [0.2, 0.25) is 5.02 Å². The molecular formula is C11H13ClN2O3. The van der Waals surface area contributed by atoms with Gasteiger partial charge in [0.2, 0.25) is 0 Å². The van der Waals surface area contributed by atoms with Crippen molar-refractivity contribution in [3.63, 3.8) is 0 Å². The molecule has 1 saturated heterocycles. The number of nitrogens with one attached hydrogen (secondary N) is 1. The minimum absolute atomic E-state index is 0.00440. The van der Waals surface area contributed by atoms with E-state index in [1.54, 1.807) is 6.07 Å². The lowest BCUT2D eigenvalue weighted by atomic mass is 10.1. The second-order valence-electron chi connectivity index (χ2n) is 4.03. The van der Waals surface area contributed by atoms with Gasteiger partial charge in [0.15, 0.2) is 0 Å². The molecule has 0 aromatic heterocycles. The summed E-state index contributed by atoms with van der Waals surface area (Å²) in [7, 11) is 0. The highest BCUT2D eigenvalue weighted by molar-refractivity contribution is 6.33. The smallest absolute Gasteiger partial charge is 0.271 e. The lowest BCUT2D eigenvalue weighted by molar-refractivity contribution is -0.384. The zero-order chi connectivity index (χ0) is 12.3. The molecule has 1 aliphatic rings. The van der Waals surface area contributed by atoms with E-state index in [4.69, 9.17) is 16.3 Å². The summed E-state index contributed by atoms with van der Waals surface area (Å²) in [6.45, 7) is 2.34. The first-order valence-electron chi connectivity index (χ1n) is 5.42. The van der Waals surface area contributed by atoms with Gasteiger partial charge >= 0.3 is 0 Å². The summed E-state index contributed by atoms with van der Waals surface area (Å²) in [5.74, 6) is 0.487. The van der Waals surface area contributed by atoms with Gasteiger partial charge in [-0.1, -0.05) is 11.6 Å². The average molecular weight is 257 g/mol. The fraction of sp³-hybridized carbons (Fsp3) is 0.455. The van der Waals surface area contributed by atoms with Crippen LogP contribution in [0.15, 0.2) is 18.2 Å². The number of nitrogens with zero attached hydrogens (tertiary/aromatic N) is 1. The van der Waals surface area contributed by atoms with Gasteiger partial charge in [0, 0.05) is 31.2 Å². The van der Waals surface area contributed by atoms with Crippen LogP contribution >= 0.6 is 11.6 Å². The van der Waals surface area contributed by atoms with Crippen LogP contribution in [-0.2, 0) is 4.74 Å². The van der Waals surface area contributed by atoms with Crippen molar-refractivity contribution in [2.24, 2.45) is 5.92 Å². The fourth-order valence-electron chi connectivity index (χ4n) is 1.76. The molecule has 2 rings (SSSR count). The molecule has 17 heavy (non-hydrogen) atoms. The maximum absolute atomic E-state index is 10.5. The number of non-ortho nitro benzene ring substituents is 1. The summed E-state index contributed by atoms with van der Waals surface area (Å²) in [5, 5.41) is 14.1. The average Bonchev–Trinajstić information content (AvgIpc) is 2.80. The number of halogens is 1. The summed E-state index contributed by atoms with van der Waals surface area (Å²) >= 11 is 5.96. The first-order valence-corrected chi connectivity index (χ1v) is 5.80. The van der Waals surface area contributed by atoms with E-state index < -0.39 is 4.92 Å². The second-order valence-corrected chi connectivity index (χ2v) is 4.44. The monoisotopic (exact) mass is 256 g/mol. The van der Waals surface area contributed by atoms with E-state index in [0.29, 0.717) is 10.9 Å². The highest BCUT2D eigenvalue weighted by Crippen LogP contribution is 2.27. The molecular weight excluding hydrogens is 244 g/mol. The molecule has 0 bridgehead atoms. The van der Waals surface area contributed by atoms with Crippen molar-refractivity contribution >= 4 is 23.0 Å². The van der Waals surface area contributed by atoms with Crippen LogP contribution in [0.3, 0.4) is 0 Å². The Balaban J connectivity index is 1.98. The number of ether oxygens (including phenoxy) is 1. The van der Waals surface area contributed by atoms with Crippen LogP contribution < -0.4 is 5.32 Å². The molecule has 0 spiro atoms. The number of rotatable bonds is 4. The van der Waals surface area contributed by atoms with E-state index in [9.17, 15) is 10.1 Å². The lowest BCUT2D eigenvalue weighted by Crippen LogP contribution is -2.14. The molecule has 1 aromatic carbocycles. The first kappa shape index (κ1) is 12.1. The Bertz CT molecular complexity index is 419. The molecule has 0 saturated carbocycles. The van der Waals surface area contributed by atoms with Crippen LogP contribution in [0.1, 0.15) is 6.42 Å². The summed E-state index contributed by atoms with van der Waals surface area (Å²) in [5.41, 5.74) is 0.730. The summed E-state index contributed by atoms with van der Waals surface area (Å²) in [4.78, 5) is 10.1. The Morgan fingerprint density at radius 2 is 2.41 bits per heavy atom. The molecule has 1 aliphatic heterocycles. The Hall–Kier alpha value is -1.33. The van der Waals surface area contributed by atoms with Crippen LogP contribution in [0.5, 0.6) is 0 Å². The number of anilines is 1. The van der Waals surface area contributed by atoms with E-state index in [2.05, 4.69) is 5.32 Å². The predicted octanol–water partition coefficient (Wildman–Crippen LogP) is 2.70. The van der Waals surface area contributed by atoms with Gasteiger partial charge in [0.05, 0.1) is 22.2 Å². The molecule has 1 fully saturated rings. The molecule has 1 aromatic rings. The fourth-order valence-corrected chi connectivity index (χ4v) is 2.00. The van der Waals surface area contributed by atoms with Gasteiger partial charge < -0.3 is 10.1 Å². The molecule has 0 radical (unpaired) electrons. The third kappa shape index (κ3) is 3.08. The zero-order valence-corrected chi connectivity index (χ0v) is 9.94. The number of nitro benzene ring substituents is 1. The topological polar surface area (TPSA) is 64.4 Å². The molecule has 0 amide bonds. The summed E-state index contributed by atoms with van der Waals surface area (Å²) < 4.78 is 5.26. The zero-order valence-electron chi connectivity index (χ0n) is 9.19. The minimum Gasteiger partial charge on any atom is -0.383 e. The Morgan fingerprint density at radius 3 is 3.00 bits per heavy atom. The highest BCUT2D eigenvalue weighted by atomic mass is 35.5. The van der Waals surface area contributed by atoms with Crippen molar-refractivity contribution < 1.29 is 9.66 Å². The van der Waals surface area contributed by atoms with Crippen LogP contribution in [0.25, 0.3) is 0 Å². The van der Waals surface area contributed by atoms with E-state index in [1.807, 2.05) is 0 Å². The first-order chi connectivity index (χ1) is 8.16. The van der Waals surface area contributed by atoms with Crippen molar-refractivity contribution in [2.75, 3.05) is 25.1 Å². The Morgan fingerprint density at radius 1 is 1.59 bits per heavy atom. The van der Waals surface area contributed by atoms with E-state index >= 15 is 0 Å². The van der Waals surface area contributed by atoms with Crippen LogP contribution in [0, 0.1) is 16.0 Å². The van der Waals surface area contributed by atoms with Gasteiger partial charge in [-0.2, -0.15) is 0 Å². The van der Waals surface area contributed by atoms with Crippen molar-refractivity contribution in [1.29, 1.82) is 0 Å². The third-order valence-electron chi connectivity index (χ3n) is 2.77. The van der Waals surface area contributed by atoms with Crippen LogP contribution in [-0.4, -0.2) is 24.7 Å². The number of benzene rings is 1. The normalized spacial score (nSPS) is 19.2. The Kier molecular flexibility index (Phi) is 3.81. The summed E-state index contributed by atoms with van der Waals surface area (Å²) in [6.07, 6.45) is 1.04. The third-order valence-corrected chi connectivity index (χ3v) is 3.08. The summed E-state index contributed by atoms with van der Waals surface area (Å²) in [6, 6.07) is 4.44. The van der Waals surface area contributed by atoms with Gasteiger partial charge in [-0.25, -0.2) is 0 Å². The molecule has 92 valence electrons. The second kappa shape index (κ2) is 5.33. The SMILES string of the molecule is O=[N+]([O-])c1ccc(NCC2CCOC2)c(Cl)c1. The van der Waals surface area contributed by atoms with Gasteiger partial charge in [-0.15, -0.1) is 0 Å². The number of hydrogen-bond donors (Lipinski definition) is 1. The molecule has 6 heteroatoms. The van der Waals surface area contributed by atoms with Crippen molar-refractivity contribution in [1.82, 2.24) is 0 Å². The van der Waals surface area contributed by atoms with Gasteiger partial charge in [-0.3, -0.25) is 10.1 Å². The molecule has 1 N–H and O–H groups in total. The van der Waals surface area contributed by atoms with Gasteiger partial charge in [0.25, 0.3) is 5.69 Å². The maximum Gasteiger partial charge on any atom is 0.271 e. The highest BCUT2D eigenvalue weighted by Gasteiger charge is 2.16. The molecule has 1 heterocycles. The molecule has 1 atom stereocenters. The van der Waals surface area contributed by atoms with Crippen molar-refractivity contribution in [3.05, 3.63) is 33.3 Å². The standard InChI is InChI=1S/C11H13ClN2O3/c12-10-5-9(14(15)16)1-2-11(10)13-6-8-3-4-17-7-8/h1-2,5,8,13H,3-4,6-7H2. The van der Waals surface area contributed by atoms with E-state index in [0.717, 1.165) is 31.9 Å². The van der Waals surface area contributed by atoms with Gasteiger partial charge in [0.1, 0.15) is 0 Å². The van der Waals surface area contributed by atoms with Crippen molar-refractivity contribution in [3.8, 4) is 0 Å².